The van der Waals surface area contributed by atoms with Crippen LogP contribution < -0.4 is 0 Å². The highest BCUT2D eigenvalue weighted by molar-refractivity contribution is 5.79. The summed E-state index contributed by atoms with van der Waals surface area (Å²) >= 11 is 0. The van der Waals surface area contributed by atoms with Gasteiger partial charge in [-0.2, -0.15) is 0 Å². The Bertz CT molecular complexity index is 652. The molecule has 0 radical (unpaired) electrons. The number of carbonyl (C=O) groups excluding carboxylic acids is 1. The van der Waals surface area contributed by atoms with Crippen molar-refractivity contribution in [1.29, 1.82) is 0 Å². The number of rotatable bonds is 6. The molecule has 4 rings (SSSR count). The number of pyridine rings is 1. The molecule has 1 aromatic heterocycles. The van der Waals surface area contributed by atoms with Crippen molar-refractivity contribution in [1.82, 2.24) is 19.7 Å². The molecule has 0 N–H and O–H groups in total. The lowest BCUT2D eigenvalue weighted by atomic mass is 9.90. The van der Waals surface area contributed by atoms with Crippen LogP contribution in [0.4, 0.5) is 0 Å². The van der Waals surface area contributed by atoms with Gasteiger partial charge in [-0.3, -0.25) is 19.6 Å². The van der Waals surface area contributed by atoms with Crippen molar-refractivity contribution in [3.05, 3.63) is 30.1 Å². The lowest BCUT2D eigenvalue weighted by molar-refractivity contribution is -0.140. The summed E-state index contributed by atoms with van der Waals surface area (Å²) in [5, 5.41) is 0. The average Bonchev–Trinajstić information content (AvgIpc) is 2.81. The third kappa shape index (κ3) is 5.42. The molecule has 5 nitrogen and oxygen atoms in total. The highest BCUT2D eigenvalue weighted by Gasteiger charge is 2.35. The Morgan fingerprint density at radius 1 is 1.07 bits per heavy atom. The van der Waals surface area contributed by atoms with Crippen molar-refractivity contribution >= 4 is 5.91 Å². The summed E-state index contributed by atoms with van der Waals surface area (Å²) in [6.07, 6.45) is 14.9. The molecule has 0 bridgehead atoms. The van der Waals surface area contributed by atoms with Gasteiger partial charge in [-0.1, -0.05) is 25.3 Å². The van der Waals surface area contributed by atoms with Gasteiger partial charge in [0.2, 0.25) is 5.91 Å². The lowest BCUT2D eigenvalue weighted by Crippen LogP contribution is -2.52. The average molecular weight is 413 g/mol. The standard InChI is InChI=1S/C25H40N4O/c1-2-29(24-10-4-3-5-11-24)25(30)22-9-7-15-28(20-22)23-12-16-27(17-13-23)19-21-8-6-14-26-18-21/h6,8,14,18,22-24H,2-5,7,9-13,15-17,19-20H2,1H3/t22-/m0/s1. The van der Waals surface area contributed by atoms with Crippen LogP contribution in [0.25, 0.3) is 0 Å². The fraction of sp³-hybridized carbons (Fsp3) is 0.760. The van der Waals surface area contributed by atoms with E-state index >= 15 is 0 Å². The molecule has 3 aliphatic rings. The van der Waals surface area contributed by atoms with Crippen LogP contribution >= 0.6 is 0 Å². The monoisotopic (exact) mass is 412 g/mol. The first-order valence-corrected chi connectivity index (χ1v) is 12.4. The molecule has 1 aliphatic carbocycles. The second-order valence-corrected chi connectivity index (χ2v) is 9.62. The van der Waals surface area contributed by atoms with E-state index in [9.17, 15) is 4.79 Å². The van der Waals surface area contributed by atoms with E-state index in [0.717, 1.165) is 39.1 Å². The minimum absolute atomic E-state index is 0.217. The van der Waals surface area contributed by atoms with Crippen LogP contribution in [0.3, 0.4) is 0 Å². The molecule has 0 unspecified atom stereocenters. The van der Waals surface area contributed by atoms with Crippen molar-refractivity contribution in [2.45, 2.75) is 83.3 Å². The minimum atomic E-state index is 0.217. The van der Waals surface area contributed by atoms with Crippen LogP contribution in [0.1, 0.15) is 70.3 Å². The molecule has 2 saturated heterocycles. The van der Waals surface area contributed by atoms with Crippen LogP contribution in [0.2, 0.25) is 0 Å². The van der Waals surface area contributed by atoms with E-state index < -0.39 is 0 Å². The van der Waals surface area contributed by atoms with Gasteiger partial charge in [0.05, 0.1) is 5.92 Å². The Kier molecular flexibility index (Phi) is 7.78. The first-order chi connectivity index (χ1) is 14.7. The van der Waals surface area contributed by atoms with E-state index in [1.807, 2.05) is 18.5 Å². The topological polar surface area (TPSA) is 39.7 Å². The van der Waals surface area contributed by atoms with Gasteiger partial charge in [0.25, 0.3) is 0 Å². The molecular formula is C25H40N4O. The molecule has 1 atom stereocenters. The molecule has 30 heavy (non-hydrogen) atoms. The van der Waals surface area contributed by atoms with Crippen molar-refractivity contribution in [2.24, 2.45) is 5.92 Å². The van der Waals surface area contributed by atoms with Gasteiger partial charge in [0.15, 0.2) is 0 Å². The Morgan fingerprint density at radius 3 is 2.57 bits per heavy atom. The zero-order chi connectivity index (χ0) is 20.8. The van der Waals surface area contributed by atoms with Crippen LogP contribution in [-0.2, 0) is 11.3 Å². The minimum Gasteiger partial charge on any atom is -0.340 e. The highest BCUT2D eigenvalue weighted by Crippen LogP contribution is 2.28. The molecule has 2 aliphatic heterocycles. The number of nitrogens with zero attached hydrogens (tertiary/aromatic N) is 4. The van der Waals surface area contributed by atoms with Gasteiger partial charge in [0, 0.05) is 44.1 Å². The predicted octanol–water partition coefficient (Wildman–Crippen LogP) is 3.94. The first kappa shape index (κ1) is 21.8. The van der Waals surface area contributed by atoms with Crippen molar-refractivity contribution in [2.75, 3.05) is 32.7 Å². The summed E-state index contributed by atoms with van der Waals surface area (Å²) < 4.78 is 0. The van der Waals surface area contributed by atoms with E-state index in [4.69, 9.17) is 0 Å². The molecule has 5 heteroatoms. The molecule has 166 valence electrons. The maximum absolute atomic E-state index is 13.4. The summed E-state index contributed by atoms with van der Waals surface area (Å²) in [6.45, 7) is 8.52. The quantitative estimate of drug-likeness (QED) is 0.710. The molecule has 0 aromatic carbocycles. The van der Waals surface area contributed by atoms with Gasteiger partial charge in [-0.25, -0.2) is 0 Å². The summed E-state index contributed by atoms with van der Waals surface area (Å²) in [7, 11) is 0. The number of hydrogen-bond donors (Lipinski definition) is 0. The summed E-state index contributed by atoms with van der Waals surface area (Å²) in [5.41, 5.74) is 1.31. The fourth-order valence-corrected chi connectivity index (χ4v) is 5.95. The number of piperidine rings is 2. The van der Waals surface area contributed by atoms with Crippen molar-refractivity contribution in [3.8, 4) is 0 Å². The Morgan fingerprint density at radius 2 is 1.87 bits per heavy atom. The molecule has 1 amide bonds. The zero-order valence-corrected chi connectivity index (χ0v) is 18.8. The normalized spacial score (nSPS) is 25.3. The van der Waals surface area contributed by atoms with Crippen molar-refractivity contribution < 1.29 is 4.79 Å². The third-order valence-corrected chi connectivity index (χ3v) is 7.64. The van der Waals surface area contributed by atoms with E-state index in [1.165, 1.54) is 63.5 Å². The maximum atomic E-state index is 13.4. The van der Waals surface area contributed by atoms with Gasteiger partial charge in [0.1, 0.15) is 0 Å². The smallest absolute Gasteiger partial charge is 0.227 e. The molecular weight excluding hydrogens is 372 g/mol. The predicted molar refractivity (Wildman–Crippen MR) is 121 cm³/mol. The maximum Gasteiger partial charge on any atom is 0.227 e. The zero-order valence-electron chi connectivity index (χ0n) is 18.8. The number of hydrogen-bond acceptors (Lipinski definition) is 4. The second kappa shape index (κ2) is 10.7. The van der Waals surface area contributed by atoms with E-state index in [0.29, 0.717) is 18.0 Å². The van der Waals surface area contributed by atoms with E-state index in [1.54, 1.807) is 0 Å². The van der Waals surface area contributed by atoms with Crippen LogP contribution in [0.5, 0.6) is 0 Å². The molecule has 0 spiro atoms. The number of likely N-dealkylation sites (tertiary alicyclic amines) is 2. The largest absolute Gasteiger partial charge is 0.340 e. The molecule has 1 aromatic rings. The number of aromatic nitrogens is 1. The summed E-state index contributed by atoms with van der Waals surface area (Å²) in [6, 6.07) is 5.35. The number of amides is 1. The van der Waals surface area contributed by atoms with E-state index in [-0.39, 0.29) is 5.92 Å². The Hall–Kier alpha value is -1.46. The van der Waals surface area contributed by atoms with Crippen LogP contribution in [0.15, 0.2) is 24.5 Å². The van der Waals surface area contributed by atoms with Gasteiger partial charge < -0.3 is 4.90 Å². The molecule has 1 saturated carbocycles. The van der Waals surface area contributed by atoms with E-state index in [2.05, 4.69) is 32.7 Å². The summed E-state index contributed by atoms with van der Waals surface area (Å²) in [5.74, 6) is 0.664. The SMILES string of the molecule is CCN(C(=O)[C@H]1CCCN(C2CCN(Cc3cccnc3)CC2)C1)C1CCCCC1. The van der Waals surface area contributed by atoms with Crippen LogP contribution in [0, 0.1) is 5.92 Å². The summed E-state index contributed by atoms with van der Waals surface area (Å²) in [4.78, 5) is 25.1. The van der Waals surface area contributed by atoms with Gasteiger partial charge in [-0.05, 0) is 76.7 Å². The molecule has 3 fully saturated rings. The third-order valence-electron chi connectivity index (χ3n) is 7.64. The molecule has 3 heterocycles. The lowest BCUT2D eigenvalue weighted by Gasteiger charge is -2.43. The number of carbonyl (C=O) groups is 1. The highest BCUT2D eigenvalue weighted by atomic mass is 16.2. The van der Waals surface area contributed by atoms with Crippen molar-refractivity contribution in [3.63, 3.8) is 0 Å². The second-order valence-electron chi connectivity index (χ2n) is 9.62. The van der Waals surface area contributed by atoms with Gasteiger partial charge >= 0.3 is 0 Å². The van der Waals surface area contributed by atoms with Crippen LogP contribution in [-0.4, -0.2) is 70.4 Å². The first-order valence-electron chi connectivity index (χ1n) is 12.4. The Balaban J connectivity index is 1.28. The van der Waals surface area contributed by atoms with Gasteiger partial charge in [-0.15, -0.1) is 0 Å². The Labute approximate surface area is 182 Å². The fourth-order valence-electron chi connectivity index (χ4n) is 5.95.